The highest BCUT2D eigenvalue weighted by molar-refractivity contribution is 14.1. The summed E-state index contributed by atoms with van der Waals surface area (Å²) in [6.45, 7) is 0. The van der Waals surface area contributed by atoms with E-state index in [0.29, 0.717) is 17.2 Å². The molecule has 2 nitrogen and oxygen atoms in total. The van der Waals surface area contributed by atoms with Crippen LogP contribution >= 0.6 is 34.2 Å². The van der Waals surface area contributed by atoms with Crippen molar-refractivity contribution in [3.8, 4) is 11.8 Å². The van der Waals surface area contributed by atoms with Crippen molar-refractivity contribution in [1.29, 1.82) is 5.26 Å². The number of ether oxygens (including phenoxy) is 1. The highest BCUT2D eigenvalue weighted by Gasteiger charge is 2.09. The van der Waals surface area contributed by atoms with E-state index < -0.39 is 0 Å². The molecule has 0 N–H and O–H groups in total. The van der Waals surface area contributed by atoms with Gasteiger partial charge in [0.05, 0.1) is 18.6 Å². The number of nitriles is 1. The van der Waals surface area contributed by atoms with Gasteiger partial charge in [-0.3, -0.25) is 0 Å². The van der Waals surface area contributed by atoms with Crippen molar-refractivity contribution in [2.24, 2.45) is 0 Å². The molecule has 0 amide bonds. The second-order valence-corrected chi connectivity index (χ2v) is 3.90. The van der Waals surface area contributed by atoms with Gasteiger partial charge in [-0.2, -0.15) is 5.26 Å². The van der Waals surface area contributed by atoms with E-state index >= 15 is 0 Å². The molecule has 0 aliphatic carbocycles. The van der Waals surface area contributed by atoms with E-state index in [1.54, 1.807) is 13.2 Å². The van der Waals surface area contributed by atoms with Crippen LogP contribution in [0, 0.1) is 14.9 Å². The molecule has 0 heterocycles. The molecule has 0 atom stereocenters. The number of benzene rings is 1. The normalized spacial score (nSPS) is 9.38. The second kappa shape index (κ2) is 4.68. The molecule has 0 radical (unpaired) electrons. The summed E-state index contributed by atoms with van der Waals surface area (Å²) < 4.78 is 6.09. The van der Waals surface area contributed by atoms with Crippen molar-refractivity contribution in [2.45, 2.75) is 5.88 Å². The topological polar surface area (TPSA) is 33.0 Å². The Balaban J connectivity index is 3.36. The van der Waals surface area contributed by atoms with Crippen LogP contribution in [0.2, 0.25) is 0 Å². The van der Waals surface area contributed by atoms with Crippen LogP contribution in [0.5, 0.6) is 5.75 Å². The van der Waals surface area contributed by atoms with E-state index in [4.69, 9.17) is 21.6 Å². The maximum atomic E-state index is 8.82. The summed E-state index contributed by atoms with van der Waals surface area (Å²) in [7, 11) is 1.54. The maximum Gasteiger partial charge on any atom is 0.141 e. The fourth-order valence-electron chi connectivity index (χ4n) is 1.07. The van der Waals surface area contributed by atoms with Gasteiger partial charge in [-0.15, -0.1) is 11.6 Å². The smallest absolute Gasteiger partial charge is 0.141 e. The molecular formula is C9H7ClINO. The second-order valence-electron chi connectivity index (χ2n) is 2.39. The summed E-state index contributed by atoms with van der Waals surface area (Å²) in [5, 5.41) is 8.82. The SMILES string of the molecule is COc1c(C#N)cc(I)cc1CCl. The lowest BCUT2D eigenvalue weighted by Gasteiger charge is -2.07. The Morgan fingerprint density at radius 2 is 2.31 bits per heavy atom. The molecule has 0 saturated heterocycles. The Kier molecular flexibility index (Phi) is 3.82. The highest BCUT2D eigenvalue weighted by atomic mass is 127. The Labute approximate surface area is 95.6 Å². The van der Waals surface area contributed by atoms with Crippen molar-refractivity contribution in [2.75, 3.05) is 7.11 Å². The van der Waals surface area contributed by atoms with Gasteiger partial charge in [0.2, 0.25) is 0 Å². The zero-order valence-corrected chi connectivity index (χ0v) is 9.89. The first-order valence-electron chi connectivity index (χ1n) is 3.55. The number of hydrogen-bond acceptors (Lipinski definition) is 2. The number of halogens is 2. The zero-order chi connectivity index (χ0) is 9.84. The number of hydrogen-bond donors (Lipinski definition) is 0. The predicted octanol–water partition coefficient (Wildman–Crippen LogP) is 2.91. The molecule has 4 heteroatoms. The predicted molar refractivity (Wildman–Crippen MR) is 60.0 cm³/mol. The zero-order valence-electron chi connectivity index (χ0n) is 6.97. The number of alkyl halides is 1. The molecule has 0 aliphatic heterocycles. The average Bonchev–Trinajstić information content (AvgIpc) is 2.16. The molecule has 1 rings (SSSR count). The Bertz CT molecular complexity index is 359. The molecule has 0 fully saturated rings. The maximum absolute atomic E-state index is 8.82. The van der Waals surface area contributed by atoms with E-state index in [1.165, 1.54) is 0 Å². The lowest BCUT2D eigenvalue weighted by Crippen LogP contribution is -1.94. The van der Waals surface area contributed by atoms with Crippen LogP contribution in [0.3, 0.4) is 0 Å². The summed E-state index contributed by atoms with van der Waals surface area (Å²) in [6.07, 6.45) is 0. The van der Waals surface area contributed by atoms with Gasteiger partial charge < -0.3 is 4.74 Å². The molecule has 0 unspecified atom stereocenters. The van der Waals surface area contributed by atoms with Crippen molar-refractivity contribution in [1.82, 2.24) is 0 Å². The van der Waals surface area contributed by atoms with Crippen LogP contribution in [-0.2, 0) is 5.88 Å². The molecule has 68 valence electrons. The van der Waals surface area contributed by atoms with Gasteiger partial charge in [0, 0.05) is 9.13 Å². The Morgan fingerprint density at radius 1 is 1.62 bits per heavy atom. The molecular weight excluding hydrogens is 300 g/mol. The third-order valence-electron chi connectivity index (χ3n) is 1.60. The Hall–Kier alpha value is -0.470. The largest absolute Gasteiger partial charge is 0.495 e. The first-order chi connectivity index (χ1) is 6.22. The van der Waals surface area contributed by atoms with Crippen molar-refractivity contribution in [3.63, 3.8) is 0 Å². The van der Waals surface area contributed by atoms with E-state index in [-0.39, 0.29) is 0 Å². The molecule has 1 aromatic rings. The number of nitrogens with zero attached hydrogens (tertiary/aromatic N) is 1. The monoisotopic (exact) mass is 307 g/mol. The van der Waals surface area contributed by atoms with E-state index in [2.05, 4.69) is 28.7 Å². The summed E-state index contributed by atoms with van der Waals surface area (Å²) in [4.78, 5) is 0. The average molecular weight is 308 g/mol. The number of methoxy groups -OCH3 is 1. The molecule has 13 heavy (non-hydrogen) atoms. The minimum atomic E-state index is 0.356. The van der Waals surface area contributed by atoms with Gasteiger partial charge in [0.25, 0.3) is 0 Å². The standard InChI is InChI=1S/C9H7ClINO/c1-13-9-6(4-10)2-8(11)3-7(9)5-12/h2-3H,4H2,1H3. The van der Waals surface area contributed by atoms with E-state index in [9.17, 15) is 0 Å². The van der Waals surface area contributed by atoms with Gasteiger partial charge in [-0.1, -0.05) is 0 Å². The molecule has 1 aromatic carbocycles. The van der Waals surface area contributed by atoms with Gasteiger partial charge in [-0.25, -0.2) is 0 Å². The summed E-state index contributed by atoms with van der Waals surface area (Å²) in [6, 6.07) is 5.76. The summed E-state index contributed by atoms with van der Waals surface area (Å²) in [5.41, 5.74) is 1.39. The molecule has 0 spiro atoms. The van der Waals surface area contributed by atoms with Crippen molar-refractivity contribution in [3.05, 3.63) is 26.8 Å². The van der Waals surface area contributed by atoms with Crippen LogP contribution in [0.15, 0.2) is 12.1 Å². The third kappa shape index (κ3) is 2.26. The first kappa shape index (κ1) is 10.6. The number of rotatable bonds is 2. The van der Waals surface area contributed by atoms with Crippen LogP contribution < -0.4 is 4.74 Å². The molecule has 0 saturated carbocycles. The quantitative estimate of drug-likeness (QED) is 0.622. The van der Waals surface area contributed by atoms with Crippen LogP contribution in [0.4, 0.5) is 0 Å². The van der Waals surface area contributed by atoms with Gasteiger partial charge in [0.1, 0.15) is 11.8 Å². The summed E-state index contributed by atoms with van der Waals surface area (Å²) >= 11 is 7.86. The van der Waals surface area contributed by atoms with Crippen LogP contribution in [0.25, 0.3) is 0 Å². The highest BCUT2D eigenvalue weighted by Crippen LogP contribution is 2.27. The lowest BCUT2D eigenvalue weighted by molar-refractivity contribution is 0.410. The third-order valence-corrected chi connectivity index (χ3v) is 2.51. The van der Waals surface area contributed by atoms with Crippen LogP contribution in [-0.4, -0.2) is 7.11 Å². The van der Waals surface area contributed by atoms with Gasteiger partial charge in [0.15, 0.2) is 0 Å². The molecule has 0 bridgehead atoms. The first-order valence-corrected chi connectivity index (χ1v) is 5.16. The minimum Gasteiger partial charge on any atom is -0.495 e. The summed E-state index contributed by atoms with van der Waals surface area (Å²) in [5.74, 6) is 0.937. The molecule has 0 aliphatic rings. The molecule has 0 aromatic heterocycles. The van der Waals surface area contributed by atoms with Crippen LogP contribution in [0.1, 0.15) is 11.1 Å². The minimum absolute atomic E-state index is 0.356. The van der Waals surface area contributed by atoms with Gasteiger partial charge in [-0.05, 0) is 34.7 Å². The van der Waals surface area contributed by atoms with Crippen molar-refractivity contribution < 1.29 is 4.74 Å². The van der Waals surface area contributed by atoms with E-state index in [0.717, 1.165) is 9.13 Å². The van der Waals surface area contributed by atoms with Gasteiger partial charge >= 0.3 is 0 Å². The van der Waals surface area contributed by atoms with Crippen molar-refractivity contribution >= 4 is 34.2 Å². The fraction of sp³-hybridized carbons (Fsp3) is 0.222. The lowest BCUT2D eigenvalue weighted by atomic mass is 10.1. The van der Waals surface area contributed by atoms with E-state index in [1.807, 2.05) is 6.07 Å². The Morgan fingerprint density at radius 3 is 2.77 bits per heavy atom. The fourth-order valence-corrected chi connectivity index (χ4v) is 1.96.